The van der Waals surface area contributed by atoms with E-state index in [1.807, 2.05) is 13.0 Å². The van der Waals surface area contributed by atoms with Crippen molar-refractivity contribution in [1.29, 1.82) is 0 Å². The van der Waals surface area contributed by atoms with Gasteiger partial charge in [0.1, 0.15) is 6.61 Å². The van der Waals surface area contributed by atoms with Gasteiger partial charge in [-0.25, -0.2) is 0 Å². The van der Waals surface area contributed by atoms with Crippen LogP contribution in [-0.4, -0.2) is 36.9 Å². The number of rotatable bonds is 3. The fraction of sp³-hybridized carbons (Fsp3) is 0.583. The molecule has 0 spiro atoms. The maximum Gasteiger partial charge on any atom is 0.136 e. The van der Waals surface area contributed by atoms with Crippen LogP contribution in [0.4, 0.5) is 0 Å². The smallest absolute Gasteiger partial charge is 0.136 e. The second-order valence-electron chi connectivity index (χ2n) is 4.13. The molecule has 2 aliphatic heterocycles. The summed E-state index contributed by atoms with van der Waals surface area (Å²) in [5.74, 6) is 3.19. The Morgan fingerprint density at radius 1 is 1.80 bits per heavy atom. The van der Waals surface area contributed by atoms with Crippen molar-refractivity contribution >= 4 is 5.71 Å². The first-order chi connectivity index (χ1) is 7.29. The van der Waals surface area contributed by atoms with Crippen LogP contribution in [0.2, 0.25) is 0 Å². The van der Waals surface area contributed by atoms with Gasteiger partial charge in [-0.15, -0.1) is 6.42 Å². The van der Waals surface area contributed by atoms with E-state index in [1.165, 1.54) is 25.2 Å². The lowest BCUT2D eigenvalue weighted by Gasteiger charge is -2.12. The third kappa shape index (κ3) is 2.40. The summed E-state index contributed by atoms with van der Waals surface area (Å²) in [5, 5.41) is 4.17. The molecule has 80 valence electrons. The van der Waals surface area contributed by atoms with Crippen LogP contribution in [0.15, 0.2) is 16.8 Å². The number of oxime groups is 1. The van der Waals surface area contributed by atoms with Gasteiger partial charge in [-0.1, -0.05) is 11.1 Å². The van der Waals surface area contributed by atoms with Crippen LogP contribution < -0.4 is 0 Å². The summed E-state index contributed by atoms with van der Waals surface area (Å²) in [6, 6.07) is 0. The SMILES string of the molecule is C#C/C(C)=C\CO/N=C1/CN2CCC1C2. The van der Waals surface area contributed by atoms with E-state index in [0.29, 0.717) is 12.5 Å². The fourth-order valence-corrected chi connectivity index (χ4v) is 2.05. The van der Waals surface area contributed by atoms with Gasteiger partial charge in [-0.2, -0.15) is 0 Å². The van der Waals surface area contributed by atoms with Crippen LogP contribution in [0.1, 0.15) is 13.3 Å². The van der Waals surface area contributed by atoms with Crippen molar-refractivity contribution in [3.8, 4) is 12.3 Å². The van der Waals surface area contributed by atoms with E-state index in [1.54, 1.807) is 0 Å². The lowest BCUT2D eigenvalue weighted by atomic mass is 10.0. The molecule has 2 fully saturated rings. The van der Waals surface area contributed by atoms with E-state index < -0.39 is 0 Å². The summed E-state index contributed by atoms with van der Waals surface area (Å²) in [6.45, 7) is 5.75. The third-order valence-corrected chi connectivity index (χ3v) is 3.00. The maximum absolute atomic E-state index is 5.23. The van der Waals surface area contributed by atoms with E-state index in [-0.39, 0.29) is 0 Å². The maximum atomic E-state index is 5.23. The minimum absolute atomic E-state index is 0.478. The Morgan fingerprint density at radius 2 is 2.67 bits per heavy atom. The molecule has 2 aliphatic rings. The van der Waals surface area contributed by atoms with Crippen molar-refractivity contribution in [3.05, 3.63) is 11.6 Å². The number of piperidine rings is 1. The van der Waals surface area contributed by atoms with Gasteiger partial charge >= 0.3 is 0 Å². The highest BCUT2D eigenvalue weighted by Gasteiger charge is 2.35. The lowest BCUT2D eigenvalue weighted by Crippen LogP contribution is -2.23. The summed E-state index contributed by atoms with van der Waals surface area (Å²) >= 11 is 0. The molecule has 2 atom stereocenters. The van der Waals surface area contributed by atoms with Gasteiger partial charge < -0.3 is 4.84 Å². The number of allylic oxidation sites excluding steroid dienone is 1. The van der Waals surface area contributed by atoms with Crippen LogP contribution in [0.3, 0.4) is 0 Å². The second-order valence-corrected chi connectivity index (χ2v) is 4.13. The zero-order valence-corrected chi connectivity index (χ0v) is 9.07. The molecule has 2 saturated heterocycles. The largest absolute Gasteiger partial charge is 0.392 e. The van der Waals surface area contributed by atoms with Gasteiger partial charge in [-0.3, -0.25) is 4.90 Å². The fourth-order valence-electron chi connectivity index (χ4n) is 2.05. The molecule has 15 heavy (non-hydrogen) atoms. The molecular weight excluding hydrogens is 188 g/mol. The minimum atomic E-state index is 0.478. The van der Waals surface area contributed by atoms with Crippen molar-refractivity contribution in [3.63, 3.8) is 0 Å². The molecule has 2 heterocycles. The van der Waals surface area contributed by atoms with Crippen molar-refractivity contribution in [2.24, 2.45) is 11.1 Å². The Balaban J connectivity index is 1.78. The second kappa shape index (κ2) is 4.50. The Bertz CT molecular complexity index is 338. The summed E-state index contributed by atoms with van der Waals surface area (Å²) < 4.78 is 0. The number of hydrogen-bond donors (Lipinski definition) is 0. The number of terminal acetylenes is 1. The van der Waals surface area contributed by atoms with Crippen LogP contribution in [0.25, 0.3) is 0 Å². The topological polar surface area (TPSA) is 24.8 Å². The highest BCUT2D eigenvalue weighted by Crippen LogP contribution is 2.25. The third-order valence-electron chi connectivity index (χ3n) is 3.00. The Morgan fingerprint density at radius 3 is 3.27 bits per heavy atom. The van der Waals surface area contributed by atoms with Gasteiger partial charge in [0.05, 0.1) is 5.71 Å². The molecule has 0 radical (unpaired) electrons. The lowest BCUT2D eigenvalue weighted by molar-refractivity contribution is 0.171. The van der Waals surface area contributed by atoms with Gasteiger partial charge in [0.25, 0.3) is 0 Å². The Kier molecular flexibility index (Phi) is 3.08. The highest BCUT2D eigenvalue weighted by molar-refractivity contribution is 5.91. The molecule has 0 N–H and O–H groups in total. The zero-order chi connectivity index (χ0) is 10.7. The van der Waals surface area contributed by atoms with E-state index in [0.717, 1.165) is 12.1 Å². The first-order valence-electron chi connectivity index (χ1n) is 5.34. The number of nitrogens with zero attached hydrogens (tertiary/aromatic N) is 2. The molecule has 0 aromatic heterocycles. The van der Waals surface area contributed by atoms with Crippen LogP contribution in [0, 0.1) is 18.3 Å². The minimum Gasteiger partial charge on any atom is -0.392 e. The van der Waals surface area contributed by atoms with Gasteiger partial charge in [0.15, 0.2) is 0 Å². The van der Waals surface area contributed by atoms with Crippen molar-refractivity contribution in [1.82, 2.24) is 4.90 Å². The molecule has 0 aliphatic carbocycles. The molecule has 0 aromatic rings. The van der Waals surface area contributed by atoms with Crippen molar-refractivity contribution in [2.75, 3.05) is 26.2 Å². The van der Waals surface area contributed by atoms with Gasteiger partial charge in [-0.05, 0) is 31.5 Å². The normalized spacial score (nSPS) is 32.0. The molecule has 0 amide bonds. The zero-order valence-electron chi connectivity index (χ0n) is 9.07. The summed E-state index contributed by atoms with van der Waals surface area (Å²) in [5.41, 5.74) is 2.10. The quantitative estimate of drug-likeness (QED) is 0.393. The summed E-state index contributed by atoms with van der Waals surface area (Å²) in [7, 11) is 0. The first-order valence-corrected chi connectivity index (χ1v) is 5.34. The van der Waals surface area contributed by atoms with E-state index in [4.69, 9.17) is 11.3 Å². The van der Waals surface area contributed by atoms with E-state index >= 15 is 0 Å². The van der Waals surface area contributed by atoms with Crippen LogP contribution in [-0.2, 0) is 4.84 Å². The van der Waals surface area contributed by atoms with E-state index in [9.17, 15) is 0 Å². The van der Waals surface area contributed by atoms with Crippen LogP contribution in [0.5, 0.6) is 0 Å². The monoisotopic (exact) mass is 204 g/mol. The predicted molar refractivity (Wildman–Crippen MR) is 60.5 cm³/mol. The van der Waals surface area contributed by atoms with Gasteiger partial charge in [0, 0.05) is 19.0 Å². The molecule has 0 saturated carbocycles. The molecule has 2 unspecified atom stereocenters. The Labute approximate surface area is 90.8 Å². The molecule has 3 nitrogen and oxygen atoms in total. The highest BCUT2D eigenvalue weighted by atomic mass is 16.6. The molecular formula is C12H16N2O. The Hall–Kier alpha value is -1.27. The van der Waals surface area contributed by atoms with Crippen molar-refractivity contribution < 1.29 is 4.84 Å². The molecule has 2 rings (SSSR count). The first kappa shape index (κ1) is 10.3. The summed E-state index contributed by atoms with van der Waals surface area (Å²) in [4.78, 5) is 7.64. The summed E-state index contributed by atoms with van der Waals surface area (Å²) in [6.07, 6.45) is 8.32. The van der Waals surface area contributed by atoms with E-state index in [2.05, 4.69) is 16.0 Å². The average molecular weight is 204 g/mol. The number of fused-ring (bicyclic) bond motifs is 2. The van der Waals surface area contributed by atoms with Crippen LogP contribution >= 0.6 is 0 Å². The standard InChI is InChI=1S/C12H16N2O/c1-3-10(2)5-7-15-13-12-9-14-6-4-11(12)8-14/h1,5,11H,4,6-9H2,2H3/b10-5-,13-12-. The average Bonchev–Trinajstić information content (AvgIpc) is 2.85. The predicted octanol–water partition coefficient (Wildman–Crippen LogP) is 1.27. The van der Waals surface area contributed by atoms with Gasteiger partial charge in [0.2, 0.25) is 0 Å². The molecule has 0 aromatic carbocycles. The molecule has 2 bridgehead atoms. The number of hydrogen-bond acceptors (Lipinski definition) is 3. The van der Waals surface area contributed by atoms with Crippen molar-refractivity contribution in [2.45, 2.75) is 13.3 Å². The molecule has 3 heteroatoms.